The number of likely N-dealkylation sites (tertiary alicyclic amines) is 1. The van der Waals surface area contributed by atoms with Gasteiger partial charge in [0.2, 0.25) is 5.91 Å². The van der Waals surface area contributed by atoms with Gasteiger partial charge in [-0.05, 0) is 38.0 Å². The number of esters is 1. The molecule has 0 N–H and O–H groups in total. The van der Waals surface area contributed by atoms with Crippen molar-refractivity contribution in [3.05, 3.63) is 0 Å². The molecule has 3 aliphatic rings. The molecule has 0 aromatic heterocycles. The molecule has 1 saturated carbocycles. The van der Waals surface area contributed by atoms with Crippen LogP contribution in [0.4, 0.5) is 0 Å². The predicted octanol–water partition coefficient (Wildman–Crippen LogP) is 1.36. The SMILES string of the molecule is O=C(OCC1CCCCO1)C1CC(=O)N(CC2CC2)C1. The summed E-state index contributed by atoms with van der Waals surface area (Å²) in [4.78, 5) is 25.7. The highest BCUT2D eigenvalue weighted by molar-refractivity contribution is 5.86. The summed E-state index contributed by atoms with van der Waals surface area (Å²) in [7, 11) is 0. The maximum absolute atomic E-state index is 12.0. The number of hydrogen-bond donors (Lipinski definition) is 0. The monoisotopic (exact) mass is 281 g/mol. The van der Waals surface area contributed by atoms with Crippen LogP contribution in [-0.2, 0) is 19.1 Å². The van der Waals surface area contributed by atoms with Crippen molar-refractivity contribution in [3.63, 3.8) is 0 Å². The molecule has 2 unspecified atom stereocenters. The van der Waals surface area contributed by atoms with E-state index in [1.165, 1.54) is 12.8 Å². The Morgan fingerprint density at radius 3 is 2.85 bits per heavy atom. The van der Waals surface area contributed by atoms with E-state index in [0.29, 0.717) is 25.5 Å². The van der Waals surface area contributed by atoms with Crippen molar-refractivity contribution in [1.29, 1.82) is 0 Å². The first-order valence-corrected chi connectivity index (χ1v) is 7.78. The fourth-order valence-corrected chi connectivity index (χ4v) is 2.95. The second kappa shape index (κ2) is 6.12. The molecule has 2 atom stereocenters. The second-order valence-electron chi connectivity index (χ2n) is 6.26. The van der Waals surface area contributed by atoms with Crippen LogP contribution >= 0.6 is 0 Å². The van der Waals surface area contributed by atoms with E-state index in [4.69, 9.17) is 9.47 Å². The van der Waals surface area contributed by atoms with Crippen LogP contribution in [0.5, 0.6) is 0 Å². The fraction of sp³-hybridized carbons (Fsp3) is 0.867. The zero-order valence-electron chi connectivity index (χ0n) is 11.9. The van der Waals surface area contributed by atoms with Gasteiger partial charge in [0, 0.05) is 26.1 Å². The molecule has 2 heterocycles. The van der Waals surface area contributed by atoms with E-state index in [2.05, 4.69) is 0 Å². The number of carbonyl (C=O) groups excluding carboxylic acids is 2. The Labute approximate surface area is 119 Å². The van der Waals surface area contributed by atoms with E-state index in [9.17, 15) is 9.59 Å². The Bertz CT molecular complexity index is 374. The van der Waals surface area contributed by atoms with E-state index in [1.54, 1.807) is 0 Å². The molecule has 1 amide bonds. The first-order chi connectivity index (χ1) is 9.72. The van der Waals surface area contributed by atoms with Gasteiger partial charge in [0.1, 0.15) is 6.61 Å². The van der Waals surface area contributed by atoms with Crippen molar-refractivity contribution in [2.45, 2.75) is 44.6 Å². The average Bonchev–Trinajstić information content (AvgIpc) is 3.21. The Balaban J connectivity index is 1.41. The van der Waals surface area contributed by atoms with Gasteiger partial charge in [0.05, 0.1) is 12.0 Å². The minimum atomic E-state index is -0.273. The van der Waals surface area contributed by atoms with Crippen molar-refractivity contribution >= 4 is 11.9 Å². The minimum Gasteiger partial charge on any atom is -0.463 e. The van der Waals surface area contributed by atoms with Crippen LogP contribution in [0.25, 0.3) is 0 Å². The number of hydrogen-bond acceptors (Lipinski definition) is 4. The summed E-state index contributed by atoms with van der Waals surface area (Å²) in [5, 5.41) is 0. The fourth-order valence-electron chi connectivity index (χ4n) is 2.95. The van der Waals surface area contributed by atoms with Crippen LogP contribution in [0.15, 0.2) is 0 Å². The van der Waals surface area contributed by atoms with Crippen LogP contribution in [0.2, 0.25) is 0 Å². The van der Waals surface area contributed by atoms with Crippen LogP contribution in [0.1, 0.15) is 38.5 Å². The van der Waals surface area contributed by atoms with E-state index >= 15 is 0 Å². The third kappa shape index (κ3) is 3.51. The van der Waals surface area contributed by atoms with Crippen molar-refractivity contribution in [2.24, 2.45) is 11.8 Å². The molecule has 1 aliphatic carbocycles. The lowest BCUT2D eigenvalue weighted by atomic mass is 10.1. The lowest BCUT2D eigenvalue weighted by molar-refractivity contribution is -0.153. The van der Waals surface area contributed by atoms with Gasteiger partial charge >= 0.3 is 5.97 Å². The second-order valence-corrected chi connectivity index (χ2v) is 6.26. The summed E-state index contributed by atoms with van der Waals surface area (Å²) < 4.78 is 10.9. The zero-order valence-corrected chi connectivity index (χ0v) is 11.9. The largest absolute Gasteiger partial charge is 0.463 e. The van der Waals surface area contributed by atoms with E-state index in [1.807, 2.05) is 4.90 Å². The Kier molecular flexibility index (Phi) is 4.24. The quantitative estimate of drug-likeness (QED) is 0.714. The van der Waals surface area contributed by atoms with Gasteiger partial charge in [0.15, 0.2) is 0 Å². The molecule has 0 aromatic rings. The number of ether oxygens (including phenoxy) is 2. The molecule has 5 nitrogen and oxygen atoms in total. The van der Waals surface area contributed by atoms with Gasteiger partial charge in [-0.25, -0.2) is 0 Å². The summed E-state index contributed by atoms with van der Waals surface area (Å²) in [6.07, 6.45) is 6.00. The van der Waals surface area contributed by atoms with E-state index in [0.717, 1.165) is 32.4 Å². The van der Waals surface area contributed by atoms with Crippen LogP contribution < -0.4 is 0 Å². The first-order valence-electron chi connectivity index (χ1n) is 7.78. The molecule has 2 saturated heterocycles. The third-order valence-corrected chi connectivity index (χ3v) is 4.41. The summed E-state index contributed by atoms with van der Waals surface area (Å²) in [5.41, 5.74) is 0. The average molecular weight is 281 g/mol. The van der Waals surface area contributed by atoms with E-state index < -0.39 is 0 Å². The summed E-state index contributed by atoms with van der Waals surface area (Å²) in [5.74, 6) is 0.271. The standard InChI is InChI=1S/C15H23NO4/c17-14-7-12(9-16(14)8-11-4-5-11)15(18)20-10-13-3-1-2-6-19-13/h11-13H,1-10H2. The van der Waals surface area contributed by atoms with Gasteiger partial charge in [-0.1, -0.05) is 0 Å². The Morgan fingerprint density at radius 1 is 1.30 bits per heavy atom. The highest BCUT2D eigenvalue weighted by Crippen LogP contribution is 2.32. The normalized spacial score (nSPS) is 30.6. The van der Waals surface area contributed by atoms with Crippen molar-refractivity contribution < 1.29 is 19.1 Å². The molecule has 0 spiro atoms. The van der Waals surface area contributed by atoms with Crippen LogP contribution in [-0.4, -0.2) is 49.2 Å². The van der Waals surface area contributed by atoms with Crippen molar-refractivity contribution in [1.82, 2.24) is 4.90 Å². The molecule has 2 aliphatic heterocycles. The third-order valence-electron chi connectivity index (χ3n) is 4.41. The summed E-state index contributed by atoms with van der Waals surface area (Å²) in [6.45, 7) is 2.47. The minimum absolute atomic E-state index is 0.0485. The smallest absolute Gasteiger partial charge is 0.311 e. The van der Waals surface area contributed by atoms with Gasteiger partial charge in [-0.15, -0.1) is 0 Å². The van der Waals surface area contributed by atoms with Gasteiger partial charge in [-0.2, -0.15) is 0 Å². The molecule has 0 bridgehead atoms. The molecular weight excluding hydrogens is 258 g/mol. The highest BCUT2D eigenvalue weighted by atomic mass is 16.6. The molecule has 112 valence electrons. The number of carbonyl (C=O) groups is 2. The molecule has 20 heavy (non-hydrogen) atoms. The Hall–Kier alpha value is -1.10. The molecule has 3 rings (SSSR count). The summed E-state index contributed by atoms with van der Waals surface area (Å²) in [6, 6.07) is 0. The lowest BCUT2D eigenvalue weighted by Crippen LogP contribution is -2.30. The van der Waals surface area contributed by atoms with Gasteiger partial charge in [-0.3, -0.25) is 9.59 Å². The molecule has 0 radical (unpaired) electrons. The van der Waals surface area contributed by atoms with Gasteiger partial charge in [0.25, 0.3) is 0 Å². The molecule has 0 aromatic carbocycles. The lowest BCUT2D eigenvalue weighted by Gasteiger charge is -2.22. The number of nitrogens with zero attached hydrogens (tertiary/aromatic N) is 1. The number of rotatable bonds is 5. The molecular formula is C15H23NO4. The number of amides is 1. The van der Waals surface area contributed by atoms with Crippen LogP contribution in [0, 0.1) is 11.8 Å². The van der Waals surface area contributed by atoms with Crippen molar-refractivity contribution in [3.8, 4) is 0 Å². The molecule has 5 heteroatoms. The summed E-state index contributed by atoms with van der Waals surface area (Å²) >= 11 is 0. The van der Waals surface area contributed by atoms with Crippen LogP contribution in [0.3, 0.4) is 0 Å². The zero-order chi connectivity index (χ0) is 13.9. The first kappa shape index (κ1) is 13.9. The maximum atomic E-state index is 12.0. The molecule has 3 fully saturated rings. The van der Waals surface area contributed by atoms with Gasteiger partial charge < -0.3 is 14.4 Å². The Morgan fingerprint density at radius 2 is 2.15 bits per heavy atom. The predicted molar refractivity (Wildman–Crippen MR) is 72.0 cm³/mol. The topological polar surface area (TPSA) is 55.8 Å². The highest BCUT2D eigenvalue weighted by Gasteiger charge is 2.38. The maximum Gasteiger partial charge on any atom is 0.311 e. The van der Waals surface area contributed by atoms with E-state index in [-0.39, 0.29) is 23.9 Å². The van der Waals surface area contributed by atoms with Crippen molar-refractivity contribution in [2.75, 3.05) is 26.3 Å².